The fraction of sp³-hybridized carbons (Fsp3) is 0.333. The largest absolute Gasteiger partial charge is 0.496 e. The second-order valence-corrected chi connectivity index (χ2v) is 6.80. The number of aromatic nitrogens is 2. The third kappa shape index (κ3) is 4.15. The minimum Gasteiger partial charge on any atom is -0.496 e. The van der Waals surface area contributed by atoms with Crippen molar-refractivity contribution in [3.05, 3.63) is 65.0 Å². The van der Waals surface area contributed by atoms with Crippen LogP contribution in [0.4, 0.5) is 0 Å². The summed E-state index contributed by atoms with van der Waals surface area (Å²) in [6.07, 6.45) is 1.86. The lowest BCUT2D eigenvalue weighted by Crippen LogP contribution is -2.41. The summed E-state index contributed by atoms with van der Waals surface area (Å²) in [5.74, 6) is 1.78. The van der Waals surface area contributed by atoms with E-state index in [4.69, 9.17) is 20.9 Å². The molecule has 0 aliphatic heterocycles. The van der Waals surface area contributed by atoms with Gasteiger partial charge in [0.1, 0.15) is 5.75 Å². The number of methoxy groups -OCH3 is 1. The van der Waals surface area contributed by atoms with Gasteiger partial charge in [-0.3, -0.25) is 5.32 Å². The van der Waals surface area contributed by atoms with Crippen LogP contribution in [-0.4, -0.2) is 17.3 Å². The Labute approximate surface area is 164 Å². The van der Waals surface area contributed by atoms with Crippen LogP contribution in [0.3, 0.4) is 0 Å². The average molecular weight is 386 g/mol. The molecular weight excluding hydrogens is 362 g/mol. The number of nitrogens with one attached hydrogen (secondary N) is 1. The van der Waals surface area contributed by atoms with Gasteiger partial charge in [-0.05, 0) is 42.7 Å². The maximum Gasteiger partial charge on any atom is 0.240 e. The fourth-order valence-corrected chi connectivity index (χ4v) is 3.42. The molecule has 1 heterocycles. The summed E-state index contributed by atoms with van der Waals surface area (Å²) in [6, 6.07) is 15.6. The minimum absolute atomic E-state index is 0.177. The van der Waals surface area contributed by atoms with E-state index < -0.39 is 0 Å². The Morgan fingerprint density at radius 3 is 2.44 bits per heavy atom. The highest BCUT2D eigenvalue weighted by Gasteiger charge is 2.28. The van der Waals surface area contributed by atoms with Crippen molar-refractivity contribution in [2.75, 3.05) is 7.11 Å². The van der Waals surface area contributed by atoms with Gasteiger partial charge in [0.15, 0.2) is 0 Å². The molecule has 0 radical (unpaired) electrons. The lowest BCUT2D eigenvalue weighted by Gasteiger charge is -2.33. The van der Waals surface area contributed by atoms with Crippen LogP contribution in [0.1, 0.15) is 38.1 Å². The van der Waals surface area contributed by atoms with Crippen LogP contribution in [0.25, 0.3) is 11.4 Å². The van der Waals surface area contributed by atoms with Gasteiger partial charge >= 0.3 is 0 Å². The molecule has 3 aromatic rings. The Morgan fingerprint density at radius 1 is 1.07 bits per heavy atom. The zero-order valence-electron chi connectivity index (χ0n) is 15.8. The number of nitrogens with zero attached hydrogens (tertiary/aromatic N) is 2. The molecule has 0 aliphatic carbocycles. The van der Waals surface area contributed by atoms with Crippen LogP contribution in [0.2, 0.25) is 5.02 Å². The molecule has 27 heavy (non-hydrogen) atoms. The summed E-state index contributed by atoms with van der Waals surface area (Å²) in [5, 5.41) is 8.45. The maximum absolute atomic E-state index is 6.04. The highest BCUT2D eigenvalue weighted by Crippen LogP contribution is 2.31. The van der Waals surface area contributed by atoms with Gasteiger partial charge in [-0.2, -0.15) is 4.98 Å². The molecule has 0 aliphatic rings. The highest BCUT2D eigenvalue weighted by molar-refractivity contribution is 6.30. The quantitative estimate of drug-likeness (QED) is 0.577. The SMILES string of the molecule is CCC(CC)(NCc1nc(-c2ccccc2OC)no1)c1ccc(Cl)cc1. The second-order valence-electron chi connectivity index (χ2n) is 6.36. The van der Waals surface area contributed by atoms with E-state index in [-0.39, 0.29) is 5.54 Å². The maximum atomic E-state index is 6.04. The van der Waals surface area contributed by atoms with Gasteiger partial charge in [0.2, 0.25) is 11.7 Å². The van der Waals surface area contributed by atoms with Crippen molar-refractivity contribution in [2.24, 2.45) is 0 Å². The number of rotatable bonds is 8. The molecule has 0 fully saturated rings. The van der Waals surface area contributed by atoms with E-state index in [1.165, 1.54) is 5.56 Å². The van der Waals surface area contributed by atoms with Gasteiger partial charge in [-0.25, -0.2) is 0 Å². The normalized spacial score (nSPS) is 11.6. The van der Waals surface area contributed by atoms with Crippen LogP contribution in [0.15, 0.2) is 53.1 Å². The molecule has 0 saturated heterocycles. The molecule has 0 saturated carbocycles. The first-order valence-corrected chi connectivity index (χ1v) is 9.46. The topological polar surface area (TPSA) is 60.2 Å². The third-order valence-corrected chi connectivity index (χ3v) is 5.25. The molecule has 1 N–H and O–H groups in total. The molecule has 0 bridgehead atoms. The van der Waals surface area contributed by atoms with Crippen LogP contribution < -0.4 is 10.1 Å². The van der Waals surface area contributed by atoms with Crippen molar-refractivity contribution in [1.82, 2.24) is 15.5 Å². The smallest absolute Gasteiger partial charge is 0.240 e. The number of hydrogen-bond acceptors (Lipinski definition) is 5. The molecule has 6 heteroatoms. The highest BCUT2D eigenvalue weighted by atomic mass is 35.5. The minimum atomic E-state index is -0.177. The summed E-state index contributed by atoms with van der Waals surface area (Å²) >= 11 is 6.04. The lowest BCUT2D eigenvalue weighted by atomic mass is 9.84. The first-order valence-electron chi connectivity index (χ1n) is 9.09. The molecule has 142 valence electrons. The van der Waals surface area contributed by atoms with E-state index in [0.29, 0.717) is 18.3 Å². The van der Waals surface area contributed by atoms with Crippen molar-refractivity contribution in [1.29, 1.82) is 0 Å². The molecular formula is C21H24ClN3O2. The van der Waals surface area contributed by atoms with Crippen molar-refractivity contribution >= 4 is 11.6 Å². The molecule has 0 atom stereocenters. The van der Waals surface area contributed by atoms with Gasteiger partial charge in [0, 0.05) is 10.6 Å². The average Bonchev–Trinajstić information content (AvgIpc) is 3.19. The van der Waals surface area contributed by atoms with E-state index in [0.717, 1.165) is 29.2 Å². The lowest BCUT2D eigenvalue weighted by molar-refractivity contribution is 0.277. The number of halogens is 1. The third-order valence-electron chi connectivity index (χ3n) is 5.00. The predicted octanol–water partition coefficient (Wildman–Crippen LogP) is 5.20. The van der Waals surface area contributed by atoms with E-state index in [1.54, 1.807) is 7.11 Å². The molecule has 3 rings (SSSR count). The molecule has 5 nitrogen and oxygen atoms in total. The number of ether oxygens (including phenoxy) is 1. The Kier molecular flexibility index (Phi) is 6.14. The van der Waals surface area contributed by atoms with Crippen molar-refractivity contribution in [3.63, 3.8) is 0 Å². The standard InChI is InChI=1S/C21H24ClN3O2/c1-4-21(5-2,15-10-12-16(22)13-11-15)23-14-19-24-20(25-27-19)17-8-6-7-9-18(17)26-3/h6-13,23H,4-5,14H2,1-3H3. The van der Waals surface area contributed by atoms with E-state index >= 15 is 0 Å². The summed E-state index contributed by atoms with van der Waals surface area (Å²) in [7, 11) is 1.63. The fourth-order valence-electron chi connectivity index (χ4n) is 3.29. The zero-order valence-corrected chi connectivity index (χ0v) is 16.6. The van der Waals surface area contributed by atoms with Gasteiger partial charge in [-0.15, -0.1) is 0 Å². The van der Waals surface area contributed by atoms with Crippen LogP contribution in [-0.2, 0) is 12.1 Å². The molecule has 1 aromatic heterocycles. The first-order chi connectivity index (χ1) is 13.1. The Balaban J connectivity index is 1.79. The summed E-state index contributed by atoms with van der Waals surface area (Å²) in [5.41, 5.74) is 1.83. The van der Waals surface area contributed by atoms with Crippen LogP contribution in [0, 0.1) is 0 Å². The monoisotopic (exact) mass is 385 g/mol. The molecule has 0 spiro atoms. The van der Waals surface area contributed by atoms with Gasteiger partial charge in [0.05, 0.1) is 19.2 Å². The van der Waals surface area contributed by atoms with E-state index in [2.05, 4.69) is 41.4 Å². The van der Waals surface area contributed by atoms with E-state index in [1.807, 2.05) is 36.4 Å². The van der Waals surface area contributed by atoms with E-state index in [9.17, 15) is 0 Å². The van der Waals surface area contributed by atoms with Gasteiger partial charge in [-0.1, -0.05) is 54.9 Å². The Morgan fingerprint density at radius 2 is 1.78 bits per heavy atom. The zero-order chi connectivity index (χ0) is 19.3. The van der Waals surface area contributed by atoms with Gasteiger partial charge < -0.3 is 9.26 Å². The first kappa shape index (κ1) is 19.4. The predicted molar refractivity (Wildman–Crippen MR) is 107 cm³/mol. The molecule has 0 amide bonds. The van der Waals surface area contributed by atoms with Crippen LogP contribution >= 0.6 is 11.6 Å². The van der Waals surface area contributed by atoms with Crippen molar-refractivity contribution in [2.45, 2.75) is 38.8 Å². The van der Waals surface area contributed by atoms with Crippen molar-refractivity contribution < 1.29 is 9.26 Å². The second kappa shape index (κ2) is 8.55. The molecule has 0 unspecified atom stereocenters. The Bertz CT molecular complexity index is 873. The number of benzene rings is 2. The summed E-state index contributed by atoms with van der Waals surface area (Å²) in [4.78, 5) is 4.53. The number of para-hydroxylation sites is 1. The molecule has 2 aromatic carbocycles. The Hall–Kier alpha value is -2.37. The number of hydrogen-bond donors (Lipinski definition) is 1. The van der Waals surface area contributed by atoms with Gasteiger partial charge in [0.25, 0.3) is 0 Å². The summed E-state index contributed by atoms with van der Waals surface area (Å²) < 4.78 is 10.8. The van der Waals surface area contributed by atoms with Crippen LogP contribution in [0.5, 0.6) is 5.75 Å². The van der Waals surface area contributed by atoms with Crippen molar-refractivity contribution in [3.8, 4) is 17.1 Å². The summed E-state index contributed by atoms with van der Waals surface area (Å²) in [6.45, 7) is 4.81.